The van der Waals surface area contributed by atoms with Crippen LogP contribution in [0.5, 0.6) is 0 Å². The molecule has 17 aliphatic rings. The van der Waals surface area contributed by atoms with Crippen LogP contribution in [0, 0.1) is 29.6 Å². The molecule has 15 saturated heterocycles. The molecule has 9 N–H and O–H groups in total. The Hall–Kier alpha value is -4.56. The summed E-state index contributed by atoms with van der Waals surface area (Å²) >= 11 is 0. The minimum Gasteiger partial charge on any atom is -0.381 e. The first kappa shape index (κ1) is 120. The fourth-order valence-corrected chi connectivity index (χ4v) is 17.7. The predicted molar refractivity (Wildman–Crippen MR) is 520 cm³/mol. The average molecular weight is 1810 g/mol. The van der Waals surface area contributed by atoms with Crippen molar-refractivity contribution in [3.63, 3.8) is 0 Å². The van der Waals surface area contributed by atoms with E-state index < -0.39 is 0 Å². The highest BCUT2D eigenvalue weighted by molar-refractivity contribution is 5.90. The lowest BCUT2D eigenvalue weighted by Crippen LogP contribution is -2.69. The van der Waals surface area contributed by atoms with Crippen LogP contribution in [0.4, 0.5) is 0 Å². The number of hydrogen-bond acceptors (Lipinski definition) is 21. The number of carbonyl (C=O) groups excluding carboxylic acids is 8. The quantitative estimate of drug-likeness (QED) is 0.0379. The lowest BCUT2D eigenvalue weighted by molar-refractivity contribution is -0.164. The van der Waals surface area contributed by atoms with Gasteiger partial charge >= 0.3 is 0 Å². The molecule has 15 heterocycles. The van der Waals surface area contributed by atoms with Gasteiger partial charge in [-0.3, -0.25) is 43.3 Å². The van der Waals surface area contributed by atoms with Crippen LogP contribution in [0.2, 0.25) is 0 Å². The number of piperidine rings is 2. The van der Waals surface area contributed by atoms with Crippen LogP contribution < -0.4 is 43.0 Å². The summed E-state index contributed by atoms with van der Waals surface area (Å²) in [5, 5.41) is 21.5. The van der Waals surface area contributed by atoms with Crippen molar-refractivity contribution in [2.24, 2.45) is 35.3 Å². The maximum absolute atomic E-state index is 11.6. The zero-order chi connectivity index (χ0) is 94.9. The number of ketones is 1. The minimum absolute atomic E-state index is 0.0111. The Kier molecular flexibility index (Phi) is 71.0. The first-order valence-corrected chi connectivity index (χ1v) is 51.0. The van der Waals surface area contributed by atoms with Gasteiger partial charge in [0.2, 0.25) is 41.4 Å². The van der Waals surface area contributed by atoms with Gasteiger partial charge < -0.3 is 96.0 Å². The number of carbonyl (C=O) groups is 8. The number of fused-ring (bicyclic) bond motifs is 6. The van der Waals surface area contributed by atoms with E-state index in [1.165, 1.54) is 168 Å². The predicted octanol–water partition coefficient (Wildman–Crippen LogP) is 11.9. The molecule has 15 aliphatic heterocycles. The molecular formula is C99H197N15O13. The van der Waals surface area contributed by atoms with Crippen molar-refractivity contribution < 1.29 is 62.0 Å². The van der Waals surface area contributed by atoms with Crippen molar-refractivity contribution in [3.05, 3.63) is 0 Å². The minimum atomic E-state index is -0.357. The molecule has 28 nitrogen and oxygen atoms in total. The van der Waals surface area contributed by atoms with E-state index >= 15 is 0 Å². The lowest BCUT2D eigenvalue weighted by atomic mass is 9.70. The zero-order valence-corrected chi connectivity index (χ0v) is 85.2. The van der Waals surface area contributed by atoms with E-state index in [-0.39, 0.29) is 66.0 Å². The maximum atomic E-state index is 11.6. The average Bonchev–Trinajstić information content (AvgIpc) is 1.18. The standard InChI is InChI=1S/C12H23N3O3.C9H16N2O.C8H16N2O.C8H15NO.C8H14O.C7H16N2.C6H11NO.C6H13NO.2C6H13N.3C6H12O.C5H11NO/c1-3-11(17)15-8-10(16)7-9(5-4-6-13)12(18)14-2;1-3-10-5-8-4-9(6-10)11(8)7(2)12;1-3-9-7-4-5-10(2)8(11)6-7;1-2-9-6-3-7-5-8(4-6)10-7;1-2-8-7-3-6(4-7)5-9-8;1-3-8-7-4-5-9(2)6-7;1-2-5-3-4-6(8)7-5;1-4-5-7(3)6(2)8;1-2-7-5-3-4-6-7;1-2-6-4-3-5-7-6;1-2-6-3-4-7-5-6;1-2-6-4-3-5-7-6;1-2-3-6-4-7-5-6;1-4-5(7)6(2)3/h9H,3-8,13H2,1-2H3,(H,14,18)(H,15,17);8-9H,3-6H2,1-2H3;7,9H,3-6H2,1-2H3;6-9H,2-5H2,1H3;6-8H,2-5H2,1H3;7-8H,3-6H2,1-2H3;5H,2-4H2,1H3,(H,7,8);4-5H2,1-3H3;2-6H2,1H3;6-7H,2-5H2,1H3;3*6H,2-5H2,1H3;4H2,1-3H3. The summed E-state index contributed by atoms with van der Waals surface area (Å²) in [4.78, 5) is 102. The second-order valence-corrected chi connectivity index (χ2v) is 37.0. The number of likely N-dealkylation sites (tertiary alicyclic amines) is 3. The number of likely N-dealkylation sites (N-methyl/N-ethyl adjacent to an activating group) is 3. The summed E-state index contributed by atoms with van der Waals surface area (Å²) in [6, 6.07) is 4.32. The summed E-state index contributed by atoms with van der Waals surface area (Å²) in [5.74, 6) is 3.92. The van der Waals surface area contributed by atoms with Crippen molar-refractivity contribution in [2.75, 3.05) is 187 Å². The van der Waals surface area contributed by atoms with E-state index in [4.69, 9.17) is 29.4 Å². The topological polar surface area (TPSA) is 316 Å². The number of nitrogens with two attached hydrogens (primary N) is 1. The van der Waals surface area contributed by atoms with Crippen molar-refractivity contribution in [1.82, 2.24) is 71.5 Å². The number of piperazine rings is 1. The van der Waals surface area contributed by atoms with Crippen LogP contribution >= 0.6 is 0 Å². The van der Waals surface area contributed by atoms with E-state index in [9.17, 15) is 38.4 Å². The second-order valence-electron chi connectivity index (χ2n) is 37.0. The molecule has 6 bridgehead atoms. The first-order chi connectivity index (χ1) is 61.0. The fraction of sp³-hybridized carbons (Fsp3) is 0.919. The molecule has 0 aromatic heterocycles. The molecule has 127 heavy (non-hydrogen) atoms. The van der Waals surface area contributed by atoms with Gasteiger partial charge in [-0.25, -0.2) is 0 Å². The van der Waals surface area contributed by atoms with E-state index in [2.05, 4.69) is 142 Å². The summed E-state index contributed by atoms with van der Waals surface area (Å²) in [6.45, 7) is 55.4. The van der Waals surface area contributed by atoms with Gasteiger partial charge in [-0.1, -0.05) is 110 Å². The molecule has 7 amide bonds. The maximum Gasteiger partial charge on any atom is 0.223 e. The molecule has 0 aromatic carbocycles. The molecular weight excluding hydrogens is 1610 g/mol. The summed E-state index contributed by atoms with van der Waals surface area (Å²) in [6.07, 6.45) is 36.9. The Balaban J connectivity index is 0.000000690. The third-order valence-corrected chi connectivity index (χ3v) is 26.3. The third-order valence-electron chi connectivity index (χ3n) is 26.3. The van der Waals surface area contributed by atoms with Crippen LogP contribution in [0.25, 0.3) is 0 Å². The Bertz CT molecular complexity index is 2690. The van der Waals surface area contributed by atoms with Gasteiger partial charge in [-0.15, -0.1) is 0 Å². The Labute approximate surface area is 775 Å². The number of Topliss-reactive ketones (excluding diaryl/α,β-unsaturated/α-hetero) is 1. The van der Waals surface area contributed by atoms with Crippen LogP contribution in [0.3, 0.4) is 0 Å². The van der Waals surface area contributed by atoms with Crippen LogP contribution in [-0.2, 0) is 62.0 Å². The zero-order valence-electron chi connectivity index (χ0n) is 85.2. The van der Waals surface area contributed by atoms with Gasteiger partial charge in [0, 0.05) is 194 Å². The molecule has 0 radical (unpaired) electrons. The molecule has 746 valence electrons. The number of nitrogens with zero attached hydrogens (tertiary/aromatic N) is 7. The Morgan fingerprint density at radius 2 is 1.22 bits per heavy atom. The molecule has 2 saturated carbocycles. The summed E-state index contributed by atoms with van der Waals surface area (Å²) < 4.78 is 26.5. The lowest BCUT2D eigenvalue weighted by Gasteiger charge is -2.56. The van der Waals surface area contributed by atoms with Gasteiger partial charge in [-0.2, -0.15) is 0 Å². The Morgan fingerprint density at radius 3 is 1.57 bits per heavy atom. The van der Waals surface area contributed by atoms with Gasteiger partial charge in [0.05, 0.1) is 44.2 Å². The fourth-order valence-electron chi connectivity index (χ4n) is 17.7. The molecule has 17 rings (SSSR count). The van der Waals surface area contributed by atoms with Crippen molar-refractivity contribution in [3.8, 4) is 0 Å². The van der Waals surface area contributed by atoms with Crippen LogP contribution in [-0.4, -0.2) is 335 Å². The van der Waals surface area contributed by atoms with Crippen molar-refractivity contribution in [1.29, 1.82) is 0 Å². The van der Waals surface area contributed by atoms with Gasteiger partial charge in [0.25, 0.3) is 0 Å². The Morgan fingerprint density at radius 1 is 0.598 bits per heavy atom. The first-order valence-electron chi connectivity index (χ1n) is 51.0. The van der Waals surface area contributed by atoms with Gasteiger partial charge in [-0.05, 0) is 244 Å². The normalized spacial score (nSPS) is 26.7. The van der Waals surface area contributed by atoms with E-state index in [0.29, 0.717) is 87.2 Å². The SMILES string of the molecule is CCC(=O)N(C)C.CCC(=O)NCC(=O)CC(CCCN)C(=O)NC.CCC1CCC(=O)N1.CCC1CCCN1.CCC1CCCO1.CCC1CCOC1.CCC1OCC2CC1C2.CCCC1COC1.CCCN(C)C(C)=O.CCN1CC2CC(C1)N2C(C)=O.CCN1CCCC1.CCNC1CC2CC(C1)O2.CCNC1CCN(C)C(=O)C1.CCNC1CCN(C)C1. The number of amides is 7. The third kappa shape index (κ3) is 55.0. The van der Waals surface area contributed by atoms with Crippen LogP contribution in [0.1, 0.15) is 310 Å². The summed E-state index contributed by atoms with van der Waals surface area (Å²) in [5.41, 5.74) is 5.39. The van der Waals surface area contributed by atoms with Crippen LogP contribution in [0.15, 0.2) is 0 Å². The molecule has 17 fully saturated rings. The molecule has 0 aromatic rings. The molecule has 12 unspecified atom stereocenters. The number of nitrogens with one attached hydrogen (secondary N) is 7. The van der Waals surface area contributed by atoms with E-state index in [1.54, 1.807) is 56.6 Å². The smallest absolute Gasteiger partial charge is 0.223 e. The molecule has 28 heteroatoms. The van der Waals surface area contributed by atoms with Gasteiger partial charge in [0.15, 0.2) is 5.78 Å². The monoisotopic (exact) mass is 1800 g/mol. The number of rotatable bonds is 27. The highest BCUT2D eigenvalue weighted by Crippen LogP contribution is 2.43. The highest BCUT2D eigenvalue weighted by Gasteiger charge is 2.46. The van der Waals surface area contributed by atoms with Crippen molar-refractivity contribution in [2.45, 2.75) is 377 Å². The molecule has 0 spiro atoms. The second kappa shape index (κ2) is 74.8. The summed E-state index contributed by atoms with van der Waals surface area (Å²) in [7, 11) is 10.9. The highest BCUT2D eigenvalue weighted by atomic mass is 16.5. The van der Waals surface area contributed by atoms with E-state index in [1.807, 2.05) is 25.9 Å². The molecule has 12 atom stereocenters. The number of ether oxygens (including phenoxy) is 5. The van der Waals surface area contributed by atoms with Gasteiger partial charge in [0.1, 0.15) is 0 Å². The van der Waals surface area contributed by atoms with Crippen molar-refractivity contribution >= 4 is 47.1 Å². The largest absolute Gasteiger partial charge is 0.381 e. The molecule has 2 aliphatic carbocycles. The number of hydrogen-bond donors (Lipinski definition) is 8. The van der Waals surface area contributed by atoms with E-state index in [0.717, 1.165) is 166 Å².